The third-order valence-corrected chi connectivity index (χ3v) is 4.89. The van der Waals surface area contributed by atoms with Crippen molar-refractivity contribution in [2.45, 2.75) is 18.8 Å². The van der Waals surface area contributed by atoms with Gasteiger partial charge in [0.1, 0.15) is 17.1 Å². The number of carbonyl (C=O) groups is 1. The van der Waals surface area contributed by atoms with E-state index in [4.69, 9.17) is 18.9 Å². The molecule has 2 aromatic rings. The Bertz CT molecular complexity index is 944. The topological polar surface area (TPSA) is 54.0 Å². The van der Waals surface area contributed by atoms with Gasteiger partial charge in [0.15, 0.2) is 11.6 Å². The quantitative estimate of drug-likeness (QED) is 0.448. The summed E-state index contributed by atoms with van der Waals surface area (Å²) in [6.07, 6.45) is 5.23. The highest BCUT2D eigenvalue weighted by Gasteiger charge is 2.39. The van der Waals surface area contributed by atoms with Crippen molar-refractivity contribution in [1.82, 2.24) is 0 Å². The molecule has 5 nitrogen and oxygen atoms in total. The molecule has 0 aromatic heterocycles. The van der Waals surface area contributed by atoms with Crippen LogP contribution < -0.4 is 0 Å². The number of methoxy groups -OCH3 is 3. The molecule has 3 rings (SSSR count). The zero-order valence-electron chi connectivity index (χ0n) is 17.5. The van der Waals surface area contributed by atoms with Gasteiger partial charge in [0.25, 0.3) is 0 Å². The van der Waals surface area contributed by atoms with Crippen LogP contribution in [0.5, 0.6) is 0 Å². The maximum Gasteiger partial charge on any atom is 0.198 e. The molecule has 0 fully saturated rings. The van der Waals surface area contributed by atoms with Gasteiger partial charge < -0.3 is 18.9 Å². The average molecular weight is 406 g/mol. The zero-order valence-corrected chi connectivity index (χ0v) is 17.5. The monoisotopic (exact) mass is 406 g/mol. The van der Waals surface area contributed by atoms with Gasteiger partial charge in [0.05, 0.1) is 27.2 Å². The third kappa shape index (κ3) is 5.06. The number of rotatable bonds is 9. The Balaban J connectivity index is 1.85. The highest BCUT2D eigenvalue weighted by Crippen LogP contribution is 2.36. The average Bonchev–Trinajstić information content (AvgIpc) is 2.81. The van der Waals surface area contributed by atoms with E-state index in [9.17, 15) is 4.79 Å². The second kappa shape index (κ2) is 10.1. The van der Waals surface area contributed by atoms with Gasteiger partial charge in [-0.25, -0.2) is 0 Å². The lowest BCUT2D eigenvalue weighted by atomic mass is 9.94. The molecule has 0 heterocycles. The van der Waals surface area contributed by atoms with Gasteiger partial charge in [-0.15, -0.1) is 0 Å². The largest absolute Gasteiger partial charge is 0.500 e. The van der Waals surface area contributed by atoms with E-state index in [1.54, 1.807) is 19.3 Å². The molecule has 2 aromatic carbocycles. The Morgan fingerprint density at radius 2 is 1.63 bits per heavy atom. The second-order valence-corrected chi connectivity index (χ2v) is 6.79. The Hall–Kier alpha value is -3.15. The van der Waals surface area contributed by atoms with Crippen LogP contribution in [0.4, 0.5) is 0 Å². The number of carbonyl (C=O) groups excluding carboxylic acids is 1. The summed E-state index contributed by atoms with van der Waals surface area (Å²) >= 11 is 0. The number of hydrogen-bond acceptors (Lipinski definition) is 5. The minimum atomic E-state index is -1.10. The summed E-state index contributed by atoms with van der Waals surface area (Å²) in [5.41, 5.74) is 2.31. The molecule has 0 aliphatic heterocycles. The number of ketones is 1. The maximum atomic E-state index is 13.0. The first kappa shape index (κ1) is 21.6. The van der Waals surface area contributed by atoms with Crippen molar-refractivity contribution in [2.24, 2.45) is 0 Å². The molecule has 0 spiro atoms. The first-order valence-electron chi connectivity index (χ1n) is 9.65. The summed E-state index contributed by atoms with van der Waals surface area (Å²) in [6.45, 7) is 0.344. The van der Waals surface area contributed by atoms with Gasteiger partial charge in [-0.1, -0.05) is 66.7 Å². The van der Waals surface area contributed by atoms with Gasteiger partial charge in [0.2, 0.25) is 0 Å². The molecule has 0 saturated carbocycles. The van der Waals surface area contributed by atoms with E-state index in [-0.39, 0.29) is 12.2 Å². The van der Waals surface area contributed by atoms with Gasteiger partial charge in [0, 0.05) is 13.2 Å². The highest BCUT2D eigenvalue weighted by molar-refractivity contribution is 6.09. The van der Waals surface area contributed by atoms with Crippen molar-refractivity contribution in [3.05, 3.63) is 101 Å². The molecule has 1 unspecified atom stereocenters. The second-order valence-electron chi connectivity index (χ2n) is 6.79. The van der Waals surface area contributed by atoms with Crippen LogP contribution in [0.25, 0.3) is 6.08 Å². The molecule has 0 N–H and O–H groups in total. The molecular weight excluding hydrogens is 380 g/mol. The number of hydrogen-bond donors (Lipinski definition) is 0. The molecular formula is C25H26O5. The fourth-order valence-electron chi connectivity index (χ4n) is 3.25. The van der Waals surface area contributed by atoms with Gasteiger partial charge in [-0.05, 0) is 17.2 Å². The lowest BCUT2D eigenvalue weighted by Crippen LogP contribution is -2.37. The minimum absolute atomic E-state index is 0.212. The van der Waals surface area contributed by atoms with Crippen molar-refractivity contribution in [2.75, 3.05) is 21.3 Å². The summed E-state index contributed by atoms with van der Waals surface area (Å²) in [4.78, 5) is 13.0. The molecule has 1 aliphatic rings. The van der Waals surface area contributed by atoms with E-state index in [0.29, 0.717) is 23.7 Å². The molecule has 0 bridgehead atoms. The first-order valence-corrected chi connectivity index (χ1v) is 9.65. The molecule has 30 heavy (non-hydrogen) atoms. The smallest absolute Gasteiger partial charge is 0.198 e. The van der Waals surface area contributed by atoms with Crippen LogP contribution in [0.3, 0.4) is 0 Å². The van der Waals surface area contributed by atoms with E-state index in [0.717, 1.165) is 11.1 Å². The van der Waals surface area contributed by atoms with Crippen LogP contribution in [-0.2, 0) is 30.3 Å². The van der Waals surface area contributed by atoms with E-state index in [1.807, 2.05) is 60.7 Å². The normalized spacial score (nSPS) is 19.0. The Morgan fingerprint density at radius 3 is 2.23 bits per heavy atom. The van der Waals surface area contributed by atoms with Crippen molar-refractivity contribution in [1.29, 1.82) is 0 Å². The summed E-state index contributed by atoms with van der Waals surface area (Å²) in [5.74, 6) is -0.501. The fraction of sp³-hybridized carbons (Fsp3) is 0.240. The Labute approximate surface area is 177 Å². The van der Waals surface area contributed by atoms with Gasteiger partial charge >= 0.3 is 0 Å². The predicted octanol–water partition coefficient (Wildman–Crippen LogP) is 4.66. The van der Waals surface area contributed by atoms with Crippen LogP contribution in [0.15, 0.2) is 89.9 Å². The minimum Gasteiger partial charge on any atom is -0.500 e. The maximum absolute atomic E-state index is 13.0. The van der Waals surface area contributed by atoms with Crippen LogP contribution in [-0.4, -0.2) is 32.9 Å². The van der Waals surface area contributed by atoms with E-state index < -0.39 is 5.79 Å². The van der Waals surface area contributed by atoms with Gasteiger partial charge in [-0.3, -0.25) is 4.79 Å². The standard InChI is InChI=1S/C25H26O5/c1-27-22-16-25(29-3,30-18-20-12-8-5-9-13-20)17-23(28-2)24(22)21(26)15-14-19-10-6-4-7-11-19/h4-16H,17-18H2,1-3H3. The molecule has 156 valence electrons. The molecule has 0 radical (unpaired) electrons. The lowest BCUT2D eigenvalue weighted by molar-refractivity contribution is -0.200. The summed E-state index contributed by atoms with van der Waals surface area (Å²) < 4.78 is 22.9. The fourth-order valence-corrected chi connectivity index (χ4v) is 3.25. The number of benzene rings is 2. The summed E-state index contributed by atoms with van der Waals surface area (Å²) in [6, 6.07) is 19.4. The Morgan fingerprint density at radius 1 is 0.967 bits per heavy atom. The van der Waals surface area contributed by atoms with E-state index in [1.165, 1.54) is 20.3 Å². The SMILES string of the molecule is COC1=CC(OC)(OCc2ccccc2)CC(OC)=C1C(=O)C=Cc1ccccc1. The molecule has 0 amide bonds. The van der Waals surface area contributed by atoms with Gasteiger partial charge in [-0.2, -0.15) is 0 Å². The number of ether oxygens (including phenoxy) is 4. The van der Waals surface area contributed by atoms with E-state index >= 15 is 0 Å². The lowest BCUT2D eigenvalue weighted by Gasteiger charge is -2.34. The summed E-state index contributed by atoms with van der Waals surface area (Å²) in [7, 11) is 4.60. The first-order chi connectivity index (χ1) is 14.6. The van der Waals surface area contributed by atoms with Crippen molar-refractivity contribution in [3.8, 4) is 0 Å². The molecule has 1 atom stereocenters. The Kier molecular flexibility index (Phi) is 7.22. The molecule has 0 saturated heterocycles. The van der Waals surface area contributed by atoms with Crippen LogP contribution >= 0.6 is 0 Å². The molecule has 5 heteroatoms. The number of allylic oxidation sites excluding steroid dienone is 2. The van der Waals surface area contributed by atoms with Crippen LogP contribution in [0.2, 0.25) is 0 Å². The zero-order chi connectivity index (χ0) is 21.4. The van der Waals surface area contributed by atoms with Crippen LogP contribution in [0, 0.1) is 0 Å². The van der Waals surface area contributed by atoms with Crippen molar-refractivity contribution in [3.63, 3.8) is 0 Å². The van der Waals surface area contributed by atoms with E-state index in [2.05, 4.69) is 0 Å². The summed E-state index contributed by atoms with van der Waals surface area (Å²) in [5, 5.41) is 0. The highest BCUT2D eigenvalue weighted by atomic mass is 16.7. The third-order valence-electron chi connectivity index (χ3n) is 4.89. The predicted molar refractivity (Wildman–Crippen MR) is 115 cm³/mol. The van der Waals surface area contributed by atoms with Crippen LogP contribution in [0.1, 0.15) is 17.5 Å². The molecule has 1 aliphatic carbocycles. The van der Waals surface area contributed by atoms with Crippen molar-refractivity contribution >= 4 is 11.9 Å². The van der Waals surface area contributed by atoms with Crippen molar-refractivity contribution < 1.29 is 23.7 Å².